The van der Waals surface area contributed by atoms with Crippen LogP contribution in [0.3, 0.4) is 0 Å². The van der Waals surface area contributed by atoms with E-state index in [1.807, 2.05) is 50.2 Å². The Morgan fingerprint density at radius 2 is 1.83 bits per heavy atom. The van der Waals surface area contributed by atoms with Crippen molar-refractivity contribution in [3.05, 3.63) is 75.8 Å². The van der Waals surface area contributed by atoms with Crippen LogP contribution < -0.4 is 5.32 Å². The highest BCUT2D eigenvalue weighted by Crippen LogP contribution is 2.20. The zero-order valence-corrected chi connectivity index (χ0v) is 13.9. The molecule has 116 valence electrons. The Labute approximate surface area is 139 Å². The summed E-state index contributed by atoms with van der Waals surface area (Å²) in [6, 6.07) is 15.8. The number of anilines is 1. The Bertz CT molecular complexity index is 827. The van der Waals surface area contributed by atoms with E-state index in [0.717, 1.165) is 22.6 Å². The van der Waals surface area contributed by atoms with Gasteiger partial charge in [0, 0.05) is 12.0 Å². The molecule has 23 heavy (non-hydrogen) atoms. The van der Waals surface area contributed by atoms with E-state index >= 15 is 0 Å². The number of aromatic nitrogens is 2. The molecule has 1 aromatic heterocycles. The molecule has 3 aromatic rings. The minimum atomic E-state index is -0.145. The van der Waals surface area contributed by atoms with E-state index in [4.69, 9.17) is 0 Å². The van der Waals surface area contributed by atoms with Gasteiger partial charge in [-0.2, -0.15) is 0 Å². The molecule has 1 N–H and O–H groups in total. The Kier molecular flexibility index (Phi) is 4.48. The Balaban J connectivity index is 1.71. The van der Waals surface area contributed by atoms with Crippen molar-refractivity contribution in [2.24, 2.45) is 0 Å². The molecule has 5 heteroatoms. The molecule has 0 radical (unpaired) electrons. The Morgan fingerprint density at radius 3 is 2.61 bits per heavy atom. The quantitative estimate of drug-likeness (QED) is 0.789. The van der Waals surface area contributed by atoms with Crippen molar-refractivity contribution < 1.29 is 4.79 Å². The summed E-state index contributed by atoms with van der Waals surface area (Å²) in [5, 5.41) is 12.5. The number of benzene rings is 2. The fourth-order valence-electron chi connectivity index (χ4n) is 2.31. The third kappa shape index (κ3) is 3.63. The summed E-state index contributed by atoms with van der Waals surface area (Å²) in [7, 11) is 0. The topological polar surface area (TPSA) is 54.9 Å². The molecule has 4 nitrogen and oxygen atoms in total. The smallest absolute Gasteiger partial charge is 0.257 e. The lowest BCUT2D eigenvalue weighted by atomic mass is 10.0. The summed E-state index contributed by atoms with van der Waals surface area (Å²) in [4.78, 5) is 12.4. The highest BCUT2D eigenvalue weighted by Gasteiger charge is 2.13. The first-order valence-electron chi connectivity index (χ1n) is 7.37. The van der Waals surface area contributed by atoms with Crippen molar-refractivity contribution in [3.8, 4) is 0 Å². The maximum atomic E-state index is 12.4. The van der Waals surface area contributed by atoms with Crippen molar-refractivity contribution >= 4 is 22.4 Å². The minimum Gasteiger partial charge on any atom is -0.296 e. The van der Waals surface area contributed by atoms with E-state index in [1.165, 1.54) is 16.9 Å². The summed E-state index contributed by atoms with van der Waals surface area (Å²) in [6.07, 6.45) is 0.720. The molecule has 0 saturated heterocycles. The van der Waals surface area contributed by atoms with E-state index in [2.05, 4.69) is 27.6 Å². The molecule has 0 aliphatic rings. The summed E-state index contributed by atoms with van der Waals surface area (Å²) in [6.45, 7) is 3.94. The van der Waals surface area contributed by atoms with Crippen LogP contribution in [0.5, 0.6) is 0 Å². The van der Waals surface area contributed by atoms with Gasteiger partial charge in [0.05, 0.1) is 0 Å². The van der Waals surface area contributed by atoms with Gasteiger partial charge in [-0.3, -0.25) is 10.1 Å². The van der Waals surface area contributed by atoms with Crippen LogP contribution in [0.2, 0.25) is 0 Å². The van der Waals surface area contributed by atoms with Crippen LogP contribution in [0.15, 0.2) is 48.5 Å². The van der Waals surface area contributed by atoms with E-state index in [9.17, 15) is 4.79 Å². The number of aryl methyl sites for hydroxylation is 1. The molecule has 0 unspecified atom stereocenters. The normalized spacial score (nSPS) is 10.5. The lowest BCUT2D eigenvalue weighted by Gasteiger charge is -2.07. The fraction of sp³-hybridized carbons (Fsp3) is 0.167. The molecule has 0 spiro atoms. The highest BCUT2D eigenvalue weighted by molar-refractivity contribution is 7.15. The van der Waals surface area contributed by atoms with Crippen LogP contribution in [0.1, 0.15) is 32.1 Å². The van der Waals surface area contributed by atoms with Crippen LogP contribution in [-0.2, 0) is 6.42 Å². The van der Waals surface area contributed by atoms with E-state index in [-0.39, 0.29) is 5.91 Å². The van der Waals surface area contributed by atoms with Gasteiger partial charge in [0.25, 0.3) is 5.91 Å². The monoisotopic (exact) mass is 323 g/mol. The zero-order valence-electron chi connectivity index (χ0n) is 13.0. The maximum absolute atomic E-state index is 12.4. The average molecular weight is 323 g/mol. The number of carbonyl (C=O) groups is 1. The van der Waals surface area contributed by atoms with Crippen molar-refractivity contribution in [2.75, 3.05) is 5.32 Å². The minimum absolute atomic E-state index is 0.145. The van der Waals surface area contributed by atoms with Gasteiger partial charge in [-0.25, -0.2) is 0 Å². The third-order valence-corrected chi connectivity index (χ3v) is 4.57. The highest BCUT2D eigenvalue weighted by atomic mass is 32.1. The maximum Gasteiger partial charge on any atom is 0.257 e. The number of rotatable bonds is 4. The molecule has 0 saturated carbocycles. The molecule has 0 aliphatic heterocycles. The van der Waals surface area contributed by atoms with Crippen LogP contribution >= 0.6 is 11.3 Å². The van der Waals surface area contributed by atoms with Gasteiger partial charge in [-0.1, -0.05) is 53.8 Å². The van der Waals surface area contributed by atoms with Crippen molar-refractivity contribution in [2.45, 2.75) is 20.3 Å². The lowest BCUT2D eigenvalue weighted by molar-refractivity contribution is 0.102. The Morgan fingerprint density at radius 1 is 1.04 bits per heavy atom. The first-order valence-corrected chi connectivity index (χ1v) is 8.19. The second kappa shape index (κ2) is 6.71. The number of nitrogens with zero attached hydrogens (tertiary/aromatic N) is 2. The summed E-state index contributed by atoms with van der Waals surface area (Å²) >= 11 is 1.41. The molecule has 0 bridgehead atoms. The first-order chi connectivity index (χ1) is 11.1. The van der Waals surface area contributed by atoms with Gasteiger partial charge in [-0.05, 0) is 36.6 Å². The van der Waals surface area contributed by atoms with Crippen LogP contribution in [0.25, 0.3) is 0 Å². The van der Waals surface area contributed by atoms with Crippen LogP contribution in [-0.4, -0.2) is 16.1 Å². The van der Waals surface area contributed by atoms with Gasteiger partial charge < -0.3 is 0 Å². The number of amides is 1. The van der Waals surface area contributed by atoms with E-state index in [0.29, 0.717) is 10.7 Å². The van der Waals surface area contributed by atoms with Crippen molar-refractivity contribution in [1.82, 2.24) is 10.2 Å². The Hall–Kier alpha value is -2.53. The largest absolute Gasteiger partial charge is 0.296 e. The first kappa shape index (κ1) is 15.4. The molecular weight excluding hydrogens is 306 g/mol. The molecular formula is C18H17N3OS. The van der Waals surface area contributed by atoms with Gasteiger partial charge >= 0.3 is 0 Å². The molecule has 0 atom stereocenters. The van der Waals surface area contributed by atoms with Gasteiger partial charge in [0.2, 0.25) is 5.13 Å². The molecule has 1 amide bonds. The van der Waals surface area contributed by atoms with Gasteiger partial charge in [-0.15, -0.1) is 10.2 Å². The second-order valence-electron chi connectivity index (χ2n) is 5.36. The van der Waals surface area contributed by atoms with Crippen LogP contribution in [0.4, 0.5) is 5.13 Å². The fourth-order valence-corrected chi connectivity index (χ4v) is 3.08. The number of hydrogen-bond acceptors (Lipinski definition) is 4. The average Bonchev–Trinajstić information content (AvgIpc) is 2.98. The standard InChI is InChI=1S/C18H17N3OS/c1-12-7-6-10-15(13(12)2)17(22)19-18-21-20-16(23-18)11-14-8-4-3-5-9-14/h3-10H,11H2,1-2H3,(H,19,21,22). The predicted molar refractivity (Wildman–Crippen MR) is 93.0 cm³/mol. The van der Waals surface area contributed by atoms with Gasteiger partial charge in [0.15, 0.2) is 0 Å². The van der Waals surface area contributed by atoms with Crippen LogP contribution in [0, 0.1) is 13.8 Å². The van der Waals surface area contributed by atoms with Crippen molar-refractivity contribution in [1.29, 1.82) is 0 Å². The zero-order chi connectivity index (χ0) is 16.2. The molecule has 3 rings (SSSR count). The third-order valence-electron chi connectivity index (χ3n) is 3.73. The predicted octanol–water partition coefficient (Wildman–Crippen LogP) is 4.00. The van der Waals surface area contributed by atoms with E-state index < -0.39 is 0 Å². The number of nitrogens with one attached hydrogen (secondary N) is 1. The number of carbonyl (C=O) groups excluding carboxylic acids is 1. The summed E-state index contributed by atoms with van der Waals surface area (Å²) < 4.78 is 0. The summed E-state index contributed by atoms with van der Waals surface area (Å²) in [5.74, 6) is -0.145. The SMILES string of the molecule is Cc1cccc(C(=O)Nc2nnc(Cc3ccccc3)s2)c1C. The second-order valence-corrected chi connectivity index (χ2v) is 6.43. The molecule has 0 fully saturated rings. The molecule has 1 heterocycles. The molecule has 2 aromatic carbocycles. The number of hydrogen-bond donors (Lipinski definition) is 1. The molecule has 0 aliphatic carbocycles. The van der Waals surface area contributed by atoms with Crippen molar-refractivity contribution in [3.63, 3.8) is 0 Å². The summed E-state index contributed by atoms with van der Waals surface area (Å²) in [5.41, 5.74) is 3.93. The lowest BCUT2D eigenvalue weighted by Crippen LogP contribution is -2.13. The van der Waals surface area contributed by atoms with Gasteiger partial charge in [0.1, 0.15) is 5.01 Å². The van der Waals surface area contributed by atoms with E-state index in [1.54, 1.807) is 0 Å².